The molecular weight excluding hydrogens is 274 g/mol. The summed E-state index contributed by atoms with van der Waals surface area (Å²) >= 11 is 0. The van der Waals surface area contributed by atoms with Crippen LogP contribution in [0.25, 0.3) is 0 Å². The highest BCUT2D eigenvalue weighted by Crippen LogP contribution is 2.23. The smallest absolute Gasteiger partial charge is 0.239 e. The Balaban J connectivity index is 2.69. The molecule has 0 spiro atoms. The first-order chi connectivity index (χ1) is 9.25. The largest absolute Gasteiger partial charge is 0.395 e. The van der Waals surface area contributed by atoms with Crippen LogP contribution in [-0.2, 0) is 21.0 Å². The number of hydrogen-bond acceptors (Lipinski definition) is 3. The second-order valence-corrected chi connectivity index (χ2v) is 7.64. The summed E-state index contributed by atoms with van der Waals surface area (Å²) in [5.41, 5.74) is 1.95. The molecule has 0 saturated carbocycles. The zero-order valence-electron chi connectivity index (χ0n) is 12.5. The van der Waals surface area contributed by atoms with Gasteiger partial charge in [-0.25, -0.2) is 0 Å². The van der Waals surface area contributed by atoms with E-state index in [0.717, 1.165) is 0 Å². The van der Waals surface area contributed by atoms with Crippen molar-refractivity contribution in [3.05, 3.63) is 29.8 Å². The molecule has 1 aromatic rings. The number of hydrogen-bond donors (Lipinski definition) is 2. The fourth-order valence-electron chi connectivity index (χ4n) is 1.68. The zero-order valence-corrected chi connectivity index (χ0v) is 13.3. The third kappa shape index (κ3) is 4.72. The van der Waals surface area contributed by atoms with Crippen molar-refractivity contribution in [2.75, 3.05) is 17.7 Å². The van der Waals surface area contributed by atoms with E-state index in [-0.39, 0.29) is 23.7 Å². The van der Waals surface area contributed by atoms with Gasteiger partial charge in [-0.1, -0.05) is 32.9 Å². The van der Waals surface area contributed by atoms with E-state index in [1.165, 1.54) is 5.56 Å². The fourth-order valence-corrected chi connectivity index (χ4v) is 2.51. The van der Waals surface area contributed by atoms with Crippen LogP contribution in [0, 0.1) is 0 Å². The van der Waals surface area contributed by atoms with E-state index in [1.54, 1.807) is 6.92 Å². The fraction of sp³-hybridized carbons (Fsp3) is 0.533. The van der Waals surface area contributed by atoms with Crippen LogP contribution in [-0.4, -0.2) is 32.8 Å². The van der Waals surface area contributed by atoms with Gasteiger partial charge in [-0.2, -0.15) is 0 Å². The number of rotatable bonds is 5. The number of aliphatic hydroxyl groups is 1. The van der Waals surface area contributed by atoms with Gasteiger partial charge >= 0.3 is 0 Å². The summed E-state index contributed by atoms with van der Waals surface area (Å²) in [5, 5.41) is 10.9. The summed E-state index contributed by atoms with van der Waals surface area (Å²) < 4.78 is 11.7. The van der Waals surface area contributed by atoms with Crippen LogP contribution >= 0.6 is 0 Å². The summed E-state index contributed by atoms with van der Waals surface area (Å²) in [6, 6.07) is 7.65. The highest BCUT2D eigenvalue weighted by Gasteiger charge is 2.20. The molecule has 0 saturated heterocycles. The monoisotopic (exact) mass is 297 g/mol. The molecular formula is C15H23NO3S. The Morgan fingerprint density at radius 2 is 1.85 bits per heavy atom. The first-order valence-corrected chi connectivity index (χ1v) is 8.03. The molecule has 1 amide bonds. The normalized spacial score (nSPS) is 14.7. The van der Waals surface area contributed by atoms with Crippen molar-refractivity contribution >= 4 is 22.4 Å². The molecule has 0 aromatic heterocycles. The molecule has 4 nitrogen and oxygen atoms in total. The van der Waals surface area contributed by atoms with E-state index in [0.29, 0.717) is 5.69 Å². The lowest BCUT2D eigenvalue weighted by Crippen LogP contribution is -2.31. The van der Waals surface area contributed by atoms with Crippen LogP contribution in [0.2, 0.25) is 0 Å². The molecule has 0 aliphatic heterocycles. The molecule has 0 radical (unpaired) electrons. The lowest BCUT2D eigenvalue weighted by atomic mass is 9.87. The van der Waals surface area contributed by atoms with Crippen molar-refractivity contribution in [1.29, 1.82) is 0 Å². The Hall–Kier alpha value is -1.20. The molecule has 20 heavy (non-hydrogen) atoms. The van der Waals surface area contributed by atoms with E-state index in [4.69, 9.17) is 5.11 Å². The van der Waals surface area contributed by atoms with Gasteiger partial charge in [0.05, 0.1) is 6.61 Å². The van der Waals surface area contributed by atoms with Crippen molar-refractivity contribution in [2.45, 2.75) is 38.4 Å². The van der Waals surface area contributed by atoms with E-state index in [9.17, 15) is 9.00 Å². The first-order valence-electron chi connectivity index (χ1n) is 6.65. The van der Waals surface area contributed by atoms with Crippen LogP contribution in [0.5, 0.6) is 0 Å². The third-order valence-electron chi connectivity index (χ3n) is 3.07. The minimum absolute atomic E-state index is 0.0679. The Bertz CT molecular complexity index is 477. The number of carbonyl (C=O) groups excluding carboxylic acids is 1. The van der Waals surface area contributed by atoms with Crippen molar-refractivity contribution in [3.8, 4) is 0 Å². The van der Waals surface area contributed by atoms with Gasteiger partial charge in [0.1, 0.15) is 5.25 Å². The van der Waals surface area contributed by atoms with Gasteiger partial charge in [-0.15, -0.1) is 0 Å². The highest BCUT2D eigenvalue weighted by atomic mass is 32.2. The molecule has 0 fully saturated rings. The predicted molar refractivity (Wildman–Crippen MR) is 83.3 cm³/mol. The Labute approximate surface area is 123 Å². The Kier molecular flexibility index (Phi) is 5.89. The average Bonchev–Trinajstić information content (AvgIpc) is 2.37. The molecule has 2 atom stereocenters. The van der Waals surface area contributed by atoms with E-state index in [1.807, 2.05) is 24.3 Å². The molecule has 1 aromatic carbocycles. The maximum Gasteiger partial charge on any atom is 0.239 e. The molecule has 0 bridgehead atoms. The predicted octanol–water partition coefficient (Wildman–Crippen LogP) is 2.05. The number of aliphatic hydroxyl groups excluding tert-OH is 1. The van der Waals surface area contributed by atoms with Crippen molar-refractivity contribution in [3.63, 3.8) is 0 Å². The summed E-state index contributed by atoms with van der Waals surface area (Å²) in [6.45, 7) is 7.80. The van der Waals surface area contributed by atoms with Gasteiger partial charge in [0.2, 0.25) is 5.91 Å². The Morgan fingerprint density at radius 3 is 2.30 bits per heavy atom. The summed E-state index contributed by atoms with van der Waals surface area (Å²) in [4.78, 5) is 11.9. The van der Waals surface area contributed by atoms with Crippen LogP contribution in [0.4, 0.5) is 5.69 Å². The SMILES string of the molecule is CC(C(=O)Nc1ccc(C(C)(C)C)cc1)S(=O)CCO. The number of amides is 1. The maximum atomic E-state index is 11.9. The minimum atomic E-state index is -1.35. The molecule has 112 valence electrons. The molecule has 2 unspecified atom stereocenters. The number of anilines is 1. The third-order valence-corrected chi connectivity index (χ3v) is 4.66. The molecule has 0 aliphatic carbocycles. The molecule has 0 heterocycles. The average molecular weight is 297 g/mol. The highest BCUT2D eigenvalue weighted by molar-refractivity contribution is 7.86. The van der Waals surface area contributed by atoms with Crippen molar-refractivity contribution in [2.24, 2.45) is 0 Å². The van der Waals surface area contributed by atoms with Gasteiger partial charge in [-0.05, 0) is 30.0 Å². The lowest BCUT2D eigenvalue weighted by Gasteiger charge is -2.19. The Morgan fingerprint density at radius 1 is 1.30 bits per heavy atom. The molecule has 5 heteroatoms. The van der Waals surface area contributed by atoms with Crippen LogP contribution in [0.15, 0.2) is 24.3 Å². The maximum absolute atomic E-state index is 11.9. The van der Waals surface area contributed by atoms with Gasteiger partial charge < -0.3 is 10.4 Å². The van der Waals surface area contributed by atoms with Crippen molar-refractivity contribution in [1.82, 2.24) is 0 Å². The second kappa shape index (κ2) is 6.99. The summed E-state index contributed by atoms with van der Waals surface area (Å²) in [7, 11) is -1.35. The van der Waals surface area contributed by atoms with E-state index >= 15 is 0 Å². The molecule has 0 aliphatic rings. The van der Waals surface area contributed by atoms with E-state index < -0.39 is 16.0 Å². The second-order valence-electron chi connectivity index (χ2n) is 5.77. The van der Waals surface area contributed by atoms with Gasteiger partial charge in [-0.3, -0.25) is 9.00 Å². The lowest BCUT2D eigenvalue weighted by molar-refractivity contribution is -0.115. The standard InChI is InChI=1S/C15H23NO3S/c1-11(20(19)10-9-17)14(18)16-13-7-5-12(6-8-13)15(2,3)4/h5-8,11,17H,9-10H2,1-4H3,(H,16,18). The summed E-state index contributed by atoms with van der Waals surface area (Å²) in [6.07, 6.45) is 0. The number of carbonyl (C=O) groups is 1. The van der Waals surface area contributed by atoms with Crippen molar-refractivity contribution < 1.29 is 14.1 Å². The van der Waals surface area contributed by atoms with Crippen LogP contribution in [0.3, 0.4) is 0 Å². The van der Waals surface area contributed by atoms with Gasteiger partial charge in [0.15, 0.2) is 0 Å². The zero-order chi connectivity index (χ0) is 15.3. The molecule has 2 N–H and O–H groups in total. The van der Waals surface area contributed by atoms with Gasteiger partial charge in [0, 0.05) is 22.2 Å². The quantitative estimate of drug-likeness (QED) is 0.874. The van der Waals surface area contributed by atoms with Gasteiger partial charge in [0.25, 0.3) is 0 Å². The number of nitrogens with one attached hydrogen (secondary N) is 1. The summed E-state index contributed by atoms with van der Waals surface area (Å²) in [5.74, 6) is -0.169. The number of benzene rings is 1. The van der Waals surface area contributed by atoms with E-state index in [2.05, 4.69) is 26.1 Å². The first kappa shape index (κ1) is 16.9. The minimum Gasteiger partial charge on any atom is -0.395 e. The van der Waals surface area contributed by atoms with Crippen LogP contribution in [0.1, 0.15) is 33.3 Å². The topological polar surface area (TPSA) is 66.4 Å². The van der Waals surface area contributed by atoms with Crippen LogP contribution < -0.4 is 5.32 Å². The molecule has 1 rings (SSSR count).